The van der Waals surface area contributed by atoms with Gasteiger partial charge in [-0.3, -0.25) is 4.79 Å². The van der Waals surface area contributed by atoms with Crippen LogP contribution in [-0.2, 0) is 16.8 Å². The van der Waals surface area contributed by atoms with Crippen LogP contribution in [0.5, 0.6) is 0 Å². The predicted molar refractivity (Wildman–Crippen MR) is 89.2 cm³/mol. The summed E-state index contributed by atoms with van der Waals surface area (Å²) in [5, 5.41) is 9.72. The fraction of sp³-hybridized carbons (Fsp3) is 0.333. The zero-order valence-corrected chi connectivity index (χ0v) is 14.3. The van der Waals surface area contributed by atoms with Gasteiger partial charge in [0.1, 0.15) is 17.1 Å². The number of aromatic carboxylic acids is 1. The van der Waals surface area contributed by atoms with Crippen molar-refractivity contribution in [3.8, 4) is 0 Å². The molecule has 0 aliphatic heterocycles. The largest absolute Gasteiger partial charge is 0.478 e. The Morgan fingerprint density at radius 1 is 1.29 bits per heavy atom. The third kappa shape index (κ3) is 2.91. The van der Waals surface area contributed by atoms with Crippen LogP contribution in [0.4, 0.5) is 0 Å². The zero-order chi connectivity index (χ0) is 17.5. The molecule has 1 heterocycles. The highest BCUT2D eigenvalue weighted by atomic mass is 35.5. The number of hydrogen-bond acceptors (Lipinski definition) is 3. The van der Waals surface area contributed by atoms with Crippen molar-refractivity contribution in [1.82, 2.24) is 4.90 Å². The minimum absolute atomic E-state index is 0.00995. The highest BCUT2D eigenvalue weighted by Gasteiger charge is 2.52. The standard InChI is InChI=1S/C18H18ClNO4/c1-11-15(16(21)22)9-14(24-11)10-20(2)17(23)18(7-8-18)12-3-5-13(19)6-4-12/h3-6,9H,7-8,10H2,1-2H3,(H,21,22). The Morgan fingerprint density at radius 3 is 2.42 bits per heavy atom. The molecule has 6 heteroatoms. The molecule has 0 spiro atoms. The molecule has 126 valence electrons. The summed E-state index contributed by atoms with van der Waals surface area (Å²) in [6.07, 6.45) is 1.60. The number of benzene rings is 1. The molecule has 1 N–H and O–H groups in total. The number of hydrogen-bond donors (Lipinski definition) is 1. The van der Waals surface area contributed by atoms with Crippen molar-refractivity contribution < 1.29 is 19.1 Å². The second kappa shape index (κ2) is 5.98. The van der Waals surface area contributed by atoms with E-state index in [0.29, 0.717) is 16.5 Å². The molecule has 0 unspecified atom stereocenters. The molecule has 0 atom stereocenters. The number of furan rings is 1. The van der Waals surface area contributed by atoms with Gasteiger partial charge in [-0.05, 0) is 43.5 Å². The number of amides is 1. The van der Waals surface area contributed by atoms with E-state index >= 15 is 0 Å². The Hall–Kier alpha value is -2.27. The molecule has 0 radical (unpaired) electrons. The number of carbonyl (C=O) groups is 2. The number of carboxylic acids is 1. The lowest BCUT2D eigenvalue weighted by Gasteiger charge is -2.23. The van der Waals surface area contributed by atoms with Crippen molar-refractivity contribution in [3.63, 3.8) is 0 Å². The van der Waals surface area contributed by atoms with Crippen molar-refractivity contribution in [1.29, 1.82) is 0 Å². The van der Waals surface area contributed by atoms with Crippen LogP contribution in [0.3, 0.4) is 0 Å². The Labute approximate surface area is 144 Å². The van der Waals surface area contributed by atoms with Gasteiger partial charge in [0.05, 0.1) is 12.0 Å². The summed E-state index contributed by atoms with van der Waals surface area (Å²) in [5.41, 5.74) is 0.603. The number of aryl methyl sites for hydroxylation is 1. The van der Waals surface area contributed by atoms with Crippen LogP contribution in [0, 0.1) is 6.92 Å². The molecule has 1 amide bonds. The van der Waals surface area contributed by atoms with E-state index in [4.69, 9.17) is 21.1 Å². The Balaban J connectivity index is 1.76. The van der Waals surface area contributed by atoms with Crippen molar-refractivity contribution >= 4 is 23.5 Å². The van der Waals surface area contributed by atoms with Gasteiger partial charge in [-0.25, -0.2) is 4.79 Å². The first-order valence-electron chi connectivity index (χ1n) is 7.68. The molecule has 0 bridgehead atoms. The van der Waals surface area contributed by atoms with Crippen LogP contribution in [0.2, 0.25) is 5.02 Å². The minimum Gasteiger partial charge on any atom is -0.478 e. The SMILES string of the molecule is Cc1oc(CN(C)C(=O)C2(c3ccc(Cl)cc3)CC2)cc1C(=O)O. The van der Waals surface area contributed by atoms with Crippen molar-refractivity contribution in [3.05, 3.63) is 58.0 Å². The number of carbonyl (C=O) groups excluding carboxylic acids is 1. The Kier molecular flexibility index (Phi) is 4.13. The number of carboxylic acid groups (broad SMARTS) is 1. The van der Waals surface area contributed by atoms with Gasteiger partial charge >= 0.3 is 5.97 Å². The van der Waals surface area contributed by atoms with Gasteiger partial charge in [-0.2, -0.15) is 0 Å². The molecule has 1 fully saturated rings. The summed E-state index contributed by atoms with van der Waals surface area (Å²) in [6.45, 7) is 1.84. The highest BCUT2D eigenvalue weighted by molar-refractivity contribution is 6.30. The average Bonchev–Trinajstić information content (AvgIpc) is 3.25. The number of nitrogens with zero attached hydrogens (tertiary/aromatic N) is 1. The Bertz CT molecular complexity index is 790. The first-order valence-corrected chi connectivity index (χ1v) is 8.05. The van der Waals surface area contributed by atoms with E-state index in [-0.39, 0.29) is 18.0 Å². The van der Waals surface area contributed by atoms with Crippen molar-refractivity contribution in [2.75, 3.05) is 7.05 Å². The normalized spacial score (nSPS) is 15.1. The van der Waals surface area contributed by atoms with Gasteiger partial charge in [-0.15, -0.1) is 0 Å². The summed E-state index contributed by atoms with van der Waals surface area (Å²) in [4.78, 5) is 25.6. The van der Waals surface area contributed by atoms with Crippen LogP contribution in [0.1, 0.15) is 40.3 Å². The van der Waals surface area contributed by atoms with E-state index in [2.05, 4.69) is 0 Å². The molecular formula is C18H18ClNO4. The van der Waals surface area contributed by atoms with Crippen molar-refractivity contribution in [2.24, 2.45) is 0 Å². The van der Waals surface area contributed by atoms with Gasteiger partial charge in [0.25, 0.3) is 0 Å². The maximum Gasteiger partial charge on any atom is 0.339 e. The van der Waals surface area contributed by atoms with Gasteiger partial charge in [0.15, 0.2) is 0 Å². The zero-order valence-electron chi connectivity index (χ0n) is 13.5. The smallest absolute Gasteiger partial charge is 0.339 e. The van der Waals surface area contributed by atoms with E-state index in [0.717, 1.165) is 18.4 Å². The maximum absolute atomic E-state index is 12.9. The Morgan fingerprint density at radius 2 is 1.92 bits per heavy atom. The minimum atomic E-state index is -1.03. The molecule has 1 aliphatic rings. The predicted octanol–water partition coefficient (Wildman–Crippen LogP) is 3.63. The molecule has 0 saturated heterocycles. The fourth-order valence-corrected chi connectivity index (χ4v) is 3.15. The second-order valence-corrected chi connectivity index (χ2v) is 6.67. The van der Waals surface area contributed by atoms with Gasteiger partial charge in [0.2, 0.25) is 5.91 Å². The quantitative estimate of drug-likeness (QED) is 0.896. The first-order chi connectivity index (χ1) is 11.3. The number of halogens is 1. The first kappa shape index (κ1) is 16.6. The molecule has 24 heavy (non-hydrogen) atoms. The molecule has 2 aromatic rings. The maximum atomic E-state index is 12.9. The lowest BCUT2D eigenvalue weighted by atomic mass is 9.94. The molecule has 1 saturated carbocycles. The van der Waals surface area contributed by atoms with E-state index < -0.39 is 11.4 Å². The van der Waals surface area contributed by atoms with Crippen molar-refractivity contribution in [2.45, 2.75) is 31.7 Å². The number of rotatable bonds is 5. The van der Waals surface area contributed by atoms with Crippen LogP contribution in [-0.4, -0.2) is 28.9 Å². The van der Waals surface area contributed by atoms with E-state index in [1.807, 2.05) is 12.1 Å². The fourth-order valence-electron chi connectivity index (χ4n) is 3.02. The molecule has 3 rings (SSSR count). The van der Waals surface area contributed by atoms with Gasteiger partial charge in [0, 0.05) is 12.1 Å². The van der Waals surface area contributed by atoms with Crippen LogP contribution in [0.15, 0.2) is 34.7 Å². The summed E-state index contributed by atoms with van der Waals surface area (Å²) >= 11 is 5.92. The highest BCUT2D eigenvalue weighted by Crippen LogP contribution is 2.49. The molecular weight excluding hydrogens is 330 g/mol. The van der Waals surface area contributed by atoms with E-state index in [1.165, 1.54) is 6.07 Å². The van der Waals surface area contributed by atoms with Gasteiger partial charge < -0.3 is 14.4 Å². The summed E-state index contributed by atoms with van der Waals surface area (Å²) in [7, 11) is 1.70. The molecule has 5 nitrogen and oxygen atoms in total. The topological polar surface area (TPSA) is 70.8 Å². The third-order valence-corrected chi connectivity index (χ3v) is 4.75. The summed E-state index contributed by atoms with van der Waals surface area (Å²) in [5.74, 6) is -0.211. The van der Waals surface area contributed by atoms with Gasteiger partial charge in [-0.1, -0.05) is 23.7 Å². The van der Waals surface area contributed by atoms with Crippen LogP contribution in [0.25, 0.3) is 0 Å². The van der Waals surface area contributed by atoms with E-state index in [1.54, 1.807) is 31.0 Å². The summed E-state index contributed by atoms with van der Waals surface area (Å²) < 4.78 is 5.46. The third-order valence-electron chi connectivity index (χ3n) is 4.50. The monoisotopic (exact) mass is 347 g/mol. The number of likely N-dealkylation sites (N-methyl/N-ethyl adjacent to an activating group) is 1. The summed E-state index contributed by atoms with van der Waals surface area (Å²) in [6, 6.07) is 8.84. The van der Waals surface area contributed by atoms with Crippen LogP contribution < -0.4 is 0 Å². The lowest BCUT2D eigenvalue weighted by molar-refractivity contribution is -0.133. The molecule has 1 aromatic heterocycles. The molecule has 1 aliphatic carbocycles. The molecule has 1 aromatic carbocycles. The average molecular weight is 348 g/mol. The lowest BCUT2D eigenvalue weighted by Crippen LogP contribution is -2.36. The second-order valence-electron chi connectivity index (χ2n) is 6.24. The van der Waals surface area contributed by atoms with E-state index in [9.17, 15) is 9.59 Å². The van der Waals surface area contributed by atoms with Crippen LogP contribution >= 0.6 is 11.6 Å².